The third kappa shape index (κ3) is 6.23. The number of amides is 1. The summed E-state index contributed by atoms with van der Waals surface area (Å²) in [6.45, 7) is -1.28. The van der Waals surface area contributed by atoms with Crippen LogP contribution in [0.5, 0.6) is 0 Å². The Bertz CT molecular complexity index is 216. The maximum atomic E-state index is 11.5. The van der Waals surface area contributed by atoms with E-state index in [9.17, 15) is 22.8 Å². The standard InChI is InChI=1S/C6H8F3NO4/c7-6(8,9)5(13)10-1-2-14-3-4(11)12/h1-3H2,(H,10,13)(H,11,12). The van der Waals surface area contributed by atoms with Crippen LogP contribution in [0.25, 0.3) is 0 Å². The Morgan fingerprint density at radius 1 is 1.36 bits per heavy atom. The average molecular weight is 215 g/mol. The lowest BCUT2D eigenvalue weighted by molar-refractivity contribution is -0.173. The monoisotopic (exact) mass is 215 g/mol. The number of hydrogen-bond donors (Lipinski definition) is 2. The van der Waals surface area contributed by atoms with Crippen molar-refractivity contribution in [3.63, 3.8) is 0 Å². The van der Waals surface area contributed by atoms with Crippen LogP contribution in [0.2, 0.25) is 0 Å². The Morgan fingerprint density at radius 2 is 1.93 bits per heavy atom. The Morgan fingerprint density at radius 3 is 2.36 bits per heavy atom. The van der Waals surface area contributed by atoms with E-state index < -0.39 is 24.7 Å². The molecule has 0 aromatic carbocycles. The molecular weight excluding hydrogens is 207 g/mol. The lowest BCUT2D eigenvalue weighted by Crippen LogP contribution is -2.38. The molecule has 0 rings (SSSR count). The van der Waals surface area contributed by atoms with Gasteiger partial charge in [-0.25, -0.2) is 4.79 Å². The molecular formula is C6H8F3NO4. The highest BCUT2D eigenvalue weighted by molar-refractivity contribution is 5.81. The van der Waals surface area contributed by atoms with Gasteiger partial charge in [-0.05, 0) is 0 Å². The van der Waals surface area contributed by atoms with Gasteiger partial charge in [0.25, 0.3) is 0 Å². The number of halogens is 3. The zero-order chi connectivity index (χ0) is 11.2. The first-order valence-electron chi connectivity index (χ1n) is 3.48. The molecule has 0 radical (unpaired) electrons. The predicted octanol–water partition coefficient (Wildman–Crippen LogP) is -0.234. The summed E-state index contributed by atoms with van der Waals surface area (Å²) in [6.07, 6.45) is -4.92. The highest BCUT2D eigenvalue weighted by Gasteiger charge is 2.38. The summed E-state index contributed by atoms with van der Waals surface area (Å²) < 4.78 is 39.0. The molecule has 2 N–H and O–H groups in total. The number of carbonyl (C=O) groups is 2. The number of ether oxygens (including phenoxy) is 1. The van der Waals surface area contributed by atoms with E-state index in [-0.39, 0.29) is 13.2 Å². The lowest BCUT2D eigenvalue weighted by Gasteiger charge is -2.07. The molecule has 0 aromatic heterocycles. The van der Waals surface area contributed by atoms with Crippen molar-refractivity contribution in [1.29, 1.82) is 0 Å². The van der Waals surface area contributed by atoms with Crippen molar-refractivity contribution in [2.75, 3.05) is 19.8 Å². The zero-order valence-corrected chi connectivity index (χ0v) is 6.93. The van der Waals surface area contributed by atoms with E-state index in [1.165, 1.54) is 5.32 Å². The van der Waals surface area contributed by atoms with Crippen molar-refractivity contribution in [2.45, 2.75) is 6.18 Å². The number of carboxylic acids is 1. The molecule has 0 aliphatic carbocycles. The highest BCUT2D eigenvalue weighted by Crippen LogP contribution is 2.13. The zero-order valence-electron chi connectivity index (χ0n) is 6.93. The molecule has 14 heavy (non-hydrogen) atoms. The number of hydrogen-bond acceptors (Lipinski definition) is 3. The van der Waals surface area contributed by atoms with E-state index in [1.807, 2.05) is 0 Å². The second-order valence-corrected chi connectivity index (χ2v) is 2.20. The number of carbonyl (C=O) groups excluding carboxylic acids is 1. The fourth-order valence-electron chi connectivity index (χ4n) is 0.496. The number of alkyl halides is 3. The van der Waals surface area contributed by atoms with Gasteiger partial charge < -0.3 is 15.2 Å². The molecule has 0 spiro atoms. The molecule has 0 saturated carbocycles. The van der Waals surface area contributed by atoms with Crippen LogP contribution in [0.1, 0.15) is 0 Å². The molecule has 82 valence electrons. The summed E-state index contributed by atoms with van der Waals surface area (Å²) in [5.74, 6) is -3.30. The van der Waals surface area contributed by atoms with Crippen LogP contribution >= 0.6 is 0 Å². The summed E-state index contributed by atoms with van der Waals surface area (Å²) in [6, 6.07) is 0. The summed E-state index contributed by atoms with van der Waals surface area (Å²) in [5, 5.41) is 9.57. The molecule has 8 heteroatoms. The number of rotatable bonds is 5. The molecule has 0 heterocycles. The topological polar surface area (TPSA) is 75.6 Å². The fraction of sp³-hybridized carbons (Fsp3) is 0.667. The number of nitrogens with one attached hydrogen (secondary N) is 1. The molecule has 0 aromatic rings. The SMILES string of the molecule is O=C(O)COCCNC(=O)C(F)(F)F. The van der Waals surface area contributed by atoms with Crippen LogP contribution in [-0.4, -0.2) is 42.9 Å². The normalized spacial score (nSPS) is 11.1. The lowest BCUT2D eigenvalue weighted by atomic mass is 10.5. The van der Waals surface area contributed by atoms with Gasteiger partial charge >= 0.3 is 18.1 Å². The molecule has 0 saturated heterocycles. The van der Waals surface area contributed by atoms with Gasteiger partial charge in [-0.2, -0.15) is 13.2 Å². The van der Waals surface area contributed by atoms with Gasteiger partial charge in [-0.3, -0.25) is 4.79 Å². The van der Waals surface area contributed by atoms with E-state index in [0.29, 0.717) is 0 Å². The average Bonchev–Trinajstić information content (AvgIpc) is 2.01. The van der Waals surface area contributed by atoms with Gasteiger partial charge in [-0.1, -0.05) is 0 Å². The van der Waals surface area contributed by atoms with Crippen LogP contribution in [0.4, 0.5) is 13.2 Å². The van der Waals surface area contributed by atoms with Crippen LogP contribution in [-0.2, 0) is 14.3 Å². The quantitative estimate of drug-likeness (QED) is 0.621. The first kappa shape index (κ1) is 12.7. The second-order valence-electron chi connectivity index (χ2n) is 2.20. The Kier molecular flexibility index (Phi) is 4.92. The van der Waals surface area contributed by atoms with Gasteiger partial charge in [0.2, 0.25) is 0 Å². The third-order valence-corrected chi connectivity index (χ3v) is 1.01. The number of carboxylic acid groups (broad SMARTS) is 1. The Hall–Kier alpha value is -1.31. The van der Waals surface area contributed by atoms with Gasteiger partial charge in [-0.15, -0.1) is 0 Å². The van der Waals surface area contributed by atoms with Gasteiger partial charge in [0, 0.05) is 6.54 Å². The Labute approximate surface area is 76.8 Å². The van der Waals surface area contributed by atoms with Gasteiger partial charge in [0.15, 0.2) is 0 Å². The molecule has 0 unspecified atom stereocenters. The van der Waals surface area contributed by atoms with Crippen LogP contribution in [0.15, 0.2) is 0 Å². The molecule has 0 aliphatic rings. The van der Waals surface area contributed by atoms with E-state index in [2.05, 4.69) is 4.74 Å². The summed E-state index contributed by atoms with van der Waals surface area (Å²) >= 11 is 0. The minimum Gasteiger partial charge on any atom is -0.480 e. The van der Waals surface area contributed by atoms with Gasteiger partial charge in [0.1, 0.15) is 6.61 Å². The predicted molar refractivity (Wildman–Crippen MR) is 37.5 cm³/mol. The van der Waals surface area contributed by atoms with Crippen LogP contribution in [0, 0.1) is 0 Å². The molecule has 0 bridgehead atoms. The molecule has 1 amide bonds. The van der Waals surface area contributed by atoms with Gasteiger partial charge in [0.05, 0.1) is 6.61 Å². The smallest absolute Gasteiger partial charge is 0.471 e. The van der Waals surface area contributed by atoms with E-state index >= 15 is 0 Å². The van der Waals surface area contributed by atoms with Crippen molar-refractivity contribution in [2.24, 2.45) is 0 Å². The highest BCUT2D eigenvalue weighted by atomic mass is 19.4. The van der Waals surface area contributed by atoms with Crippen molar-refractivity contribution in [3.8, 4) is 0 Å². The largest absolute Gasteiger partial charge is 0.480 e. The fourth-order valence-corrected chi connectivity index (χ4v) is 0.496. The third-order valence-electron chi connectivity index (χ3n) is 1.01. The van der Waals surface area contributed by atoms with E-state index in [4.69, 9.17) is 5.11 Å². The van der Waals surface area contributed by atoms with Crippen LogP contribution < -0.4 is 5.32 Å². The van der Waals surface area contributed by atoms with Crippen molar-refractivity contribution in [3.05, 3.63) is 0 Å². The number of aliphatic carboxylic acids is 1. The van der Waals surface area contributed by atoms with Crippen molar-refractivity contribution in [1.82, 2.24) is 5.32 Å². The Balaban J connectivity index is 3.46. The minimum atomic E-state index is -4.92. The second kappa shape index (κ2) is 5.43. The summed E-state index contributed by atoms with van der Waals surface area (Å²) in [4.78, 5) is 20.0. The van der Waals surface area contributed by atoms with E-state index in [0.717, 1.165) is 0 Å². The summed E-state index contributed by atoms with van der Waals surface area (Å²) in [7, 11) is 0. The molecule has 5 nitrogen and oxygen atoms in total. The minimum absolute atomic E-state index is 0.284. The first-order chi connectivity index (χ1) is 6.34. The van der Waals surface area contributed by atoms with Crippen molar-refractivity contribution >= 4 is 11.9 Å². The first-order valence-corrected chi connectivity index (χ1v) is 3.48. The maximum absolute atomic E-state index is 11.5. The molecule has 0 atom stereocenters. The van der Waals surface area contributed by atoms with Crippen molar-refractivity contribution < 1.29 is 32.6 Å². The molecule has 0 aliphatic heterocycles. The molecule has 0 fully saturated rings. The van der Waals surface area contributed by atoms with E-state index in [1.54, 1.807) is 0 Å². The van der Waals surface area contributed by atoms with Crippen LogP contribution in [0.3, 0.4) is 0 Å². The summed E-state index contributed by atoms with van der Waals surface area (Å²) in [5.41, 5.74) is 0. The maximum Gasteiger partial charge on any atom is 0.471 e.